The zero-order valence-electron chi connectivity index (χ0n) is 11.5. The van der Waals surface area contributed by atoms with Crippen molar-refractivity contribution < 1.29 is 19.7 Å². The SMILES string of the molecule is COC(=O)N1CCCN(C2CCC(O)(O)CC2)CC1. The van der Waals surface area contributed by atoms with Gasteiger partial charge in [0.2, 0.25) is 0 Å². The largest absolute Gasteiger partial charge is 0.453 e. The van der Waals surface area contributed by atoms with E-state index in [0.29, 0.717) is 25.4 Å². The van der Waals surface area contributed by atoms with E-state index < -0.39 is 5.79 Å². The Kier molecular flexibility index (Phi) is 4.65. The first-order valence-corrected chi connectivity index (χ1v) is 7.03. The Balaban J connectivity index is 1.84. The van der Waals surface area contributed by atoms with Crippen LogP contribution < -0.4 is 0 Å². The minimum Gasteiger partial charge on any atom is -0.453 e. The first-order chi connectivity index (χ1) is 9.02. The van der Waals surface area contributed by atoms with Crippen molar-refractivity contribution in [3.8, 4) is 0 Å². The lowest BCUT2D eigenvalue weighted by molar-refractivity contribution is -0.187. The van der Waals surface area contributed by atoms with Crippen LogP contribution in [0.5, 0.6) is 0 Å². The van der Waals surface area contributed by atoms with Crippen molar-refractivity contribution in [1.29, 1.82) is 0 Å². The number of aliphatic hydroxyl groups is 2. The van der Waals surface area contributed by atoms with Crippen LogP contribution in [0.15, 0.2) is 0 Å². The third-order valence-corrected chi connectivity index (χ3v) is 4.24. The van der Waals surface area contributed by atoms with E-state index in [2.05, 4.69) is 4.90 Å². The van der Waals surface area contributed by atoms with Gasteiger partial charge in [-0.25, -0.2) is 4.79 Å². The molecule has 1 aliphatic heterocycles. The van der Waals surface area contributed by atoms with Crippen LogP contribution in [0.25, 0.3) is 0 Å². The van der Waals surface area contributed by atoms with Gasteiger partial charge in [-0.3, -0.25) is 4.90 Å². The summed E-state index contributed by atoms with van der Waals surface area (Å²) in [5.41, 5.74) is 0. The fraction of sp³-hybridized carbons (Fsp3) is 0.923. The van der Waals surface area contributed by atoms with E-state index in [1.165, 1.54) is 7.11 Å². The van der Waals surface area contributed by atoms with E-state index in [0.717, 1.165) is 38.9 Å². The molecule has 1 heterocycles. The molecule has 0 aromatic carbocycles. The second-order valence-electron chi connectivity index (χ2n) is 5.56. The van der Waals surface area contributed by atoms with Gasteiger partial charge in [-0.05, 0) is 19.3 Å². The van der Waals surface area contributed by atoms with E-state index in [-0.39, 0.29) is 6.09 Å². The quantitative estimate of drug-likeness (QED) is 0.675. The third-order valence-electron chi connectivity index (χ3n) is 4.24. The van der Waals surface area contributed by atoms with Gasteiger partial charge in [0.25, 0.3) is 0 Å². The van der Waals surface area contributed by atoms with Crippen LogP contribution in [-0.4, -0.2) is 71.2 Å². The molecule has 2 aliphatic rings. The van der Waals surface area contributed by atoms with Gasteiger partial charge in [-0.15, -0.1) is 0 Å². The molecule has 0 bridgehead atoms. The molecule has 2 fully saturated rings. The number of carbonyl (C=O) groups excluding carboxylic acids is 1. The standard InChI is InChI=1S/C13H24N2O4/c1-19-12(16)15-8-2-7-14(9-10-15)11-3-5-13(17,18)6-4-11/h11,17-18H,2-10H2,1H3. The Bertz CT molecular complexity index is 312. The van der Waals surface area contributed by atoms with Crippen LogP contribution in [0.1, 0.15) is 32.1 Å². The summed E-state index contributed by atoms with van der Waals surface area (Å²) in [5.74, 6) is -1.47. The van der Waals surface area contributed by atoms with Crippen LogP contribution >= 0.6 is 0 Å². The maximum atomic E-state index is 11.5. The number of carbonyl (C=O) groups is 1. The highest BCUT2D eigenvalue weighted by Crippen LogP contribution is 2.29. The topological polar surface area (TPSA) is 73.2 Å². The van der Waals surface area contributed by atoms with Gasteiger partial charge in [0, 0.05) is 45.1 Å². The average Bonchev–Trinajstić information content (AvgIpc) is 2.64. The van der Waals surface area contributed by atoms with Crippen LogP contribution in [-0.2, 0) is 4.74 Å². The summed E-state index contributed by atoms with van der Waals surface area (Å²) < 4.78 is 4.76. The van der Waals surface area contributed by atoms with E-state index in [1.54, 1.807) is 4.90 Å². The van der Waals surface area contributed by atoms with Gasteiger partial charge in [-0.1, -0.05) is 0 Å². The lowest BCUT2D eigenvalue weighted by Gasteiger charge is -2.38. The van der Waals surface area contributed by atoms with Gasteiger partial charge >= 0.3 is 6.09 Å². The first-order valence-electron chi connectivity index (χ1n) is 7.03. The minimum atomic E-state index is -1.47. The summed E-state index contributed by atoms with van der Waals surface area (Å²) >= 11 is 0. The monoisotopic (exact) mass is 272 g/mol. The molecule has 0 atom stereocenters. The summed E-state index contributed by atoms with van der Waals surface area (Å²) in [4.78, 5) is 15.6. The normalized spacial score (nSPS) is 25.9. The van der Waals surface area contributed by atoms with Crippen molar-refractivity contribution >= 4 is 6.09 Å². The molecule has 2 N–H and O–H groups in total. The van der Waals surface area contributed by atoms with E-state index in [4.69, 9.17) is 4.74 Å². The van der Waals surface area contributed by atoms with E-state index in [1.807, 2.05) is 0 Å². The molecule has 6 heteroatoms. The van der Waals surface area contributed by atoms with Gasteiger partial charge < -0.3 is 19.8 Å². The predicted octanol–water partition coefficient (Wildman–Crippen LogP) is 0.384. The molecule has 1 saturated carbocycles. The third kappa shape index (κ3) is 3.81. The minimum absolute atomic E-state index is 0.254. The number of rotatable bonds is 1. The molecule has 0 aromatic heterocycles. The molecule has 0 unspecified atom stereocenters. The maximum absolute atomic E-state index is 11.5. The van der Waals surface area contributed by atoms with E-state index >= 15 is 0 Å². The summed E-state index contributed by atoms with van der Waals surface area (Å²) in [6.07, 6.45) is 3.19. The Hall–Kier alpha value is -0.850. The van der Waals surface area contributed by atoms with E-state index in [9.17, 15) is 15.0 Å². The lowest BCUT2D eigenvalue weighted by Crippen LogP contribution is -2.45. The van der Waals surface area contributed by atoms with Crippen LogP contribution in [0.3, 0.4) is 0 Å². The molecule has 19 heavy (non-hydrogen) atoms. The molecular formula is C13H24N2O4. The van der Waals surface area contributed by atoms with Crippen LogP contribution in [0, 0.1) is 0 Å². The lowest BCUT2D eigenvalue weighted by atomic mass is 9.89. The zero-order chi connectivity index (χ0) is 13.9. The molecule has 0 spiro atoms. The first kappa shape index (κ1) is 14.6. The Labute approximate surface area is 113 Å². The highest BCUT2D eigenvalue weighted by atomic mass is 16.5. The molecular weight excluding hydrogens is 248 g/mol. The van der Waals surface area contributed by atoms with Crippen molar-refractivity contribution in [2.75, 3.05) is 33.3 Å². The number of ether oxygens (including phenoxy) is 1. The fourth-order valence-electron chi connectivity index (χ4n) is 3.04. The highest BCUT2D eigenvalue weighted by molar-refractivity contribution is 5.67. The molecule has 1 aliphatic carbocycles. The number of nitrogens with zero attached hydrogens (tertiary/aromatic N) is 2. The molecule has 0 radical (unpaired) electrons. The van der Waals surface area contributed by atoms with Crippen molar-refractivity contribution in [3.63, 3.8) is 0 Å². The van der Waals surface area contributed by atoms with Crippen molar-refractivity contribution in [2.45, 2.75) is 43.9 Å². The second kappa shape index (κ2) is 6.07. The number of hydrogen-bond acceptors (Lipinski definition) is 5. The number of amides is 1. The molecule has 1 amide bonds. The molecule has 6 nitrogen and oxygen atoms in total. The highest BCUT2D eigenvalue weighted by Gasteiger charge is 2.34. The number of methoxy groups -OCH3 is 1. The fourth-order valence-corrected chi connectivity index (χ4v) is 3.04. The molecule has 0 aromatic rings. The van der Waals surface area contributed by atoms with Crippen LogP contribution in [0.4, 0.5) is 4.79 Å². The smallest absolute Gasteiger partial charge is 0.409 e. The average molecular weight is 272 g/mol. The summed E-state index contributed by atoms with van der Waals surface area (Å²) in [5, 5.41) is 19.1. The summed E-state index contributed by atoms with van der Waals surface area (Å²) in [7, 11) is 1.41. The number of hydrogen-bond donors (Lipinski definition) is 2. The van der Waals surface area contributed by atoms with Gasteiger partial charge in [0.05, 0.1) is 7.11 Å². The Morgan fingerprint density at radius 2 is 1.84 bits per heavy atom. The van der Waals surface area contributed by atoms with Gasteiger partial charge in [-0.2, -0.15) is 0 Å². The maximum Gasteiger partial charge on any atom is 0.409 e. The van der Waals surface area contributed by atoms with Gasteiger partial charge in [0.1, 0.15) is 0 Å². The molecule has 110 valence electrons. The molecule has 2 rings (SSSR count). The Morgan fingerprint density at radius 3 is 2.47 bits per heavy atom. The van der Waals surface area contributed by atoms with Crippen molar-refractivity contribution in [3.05, 3.63) is 0 Å². The van der Waals surface area contributed by atoms with Crippen molar-refractivity contribution in [1.82, 2.24) is 9.80 Å². The Morgan fingerprint density at radius 1 is 1.16 bits per heavy atom. The second-order valence-corrected chi connectivity index (χ2v) is 5.56. The predicted molar refractivity (Wildman–Crippen MR) is 69.6 cm³/mol. The van der Waals surface area contributed by atoms with Gasteiger partial charge in [0.15, 0.2) is 5.79 Å². The summed E-state index contributed by atoms with van der Waals surface area (Å²) in [6.45, 7) is 3.22. The van der Waals surface area contributed by atoms with Crippen LogP contribution in [0.2, 0.25) is 0 Å². The molecule has 1 saturated heterocycles. The van der Waals surface area contributed by atoms with Crippen molar-refractivity contribution in [2.24, 2.45) is 0 Å². The summed E-state index contributed by atoms with van der Waals surface area (Å²) in [6, 6.07) is 0.407. The zero-order valence-corrected chi connectivity index (χ0v) is 11.5.